The van der Waals surface area contributed by atoms with Crippen molar-refractivity contribution < 1.29 is 4.74 Å². The van der Waals surface area contributed by atoms with E-state index in [1.54, 1.807) is 6.33 Å². The molecule has 1 aromatic rings. The fourth-order valence-corrected chi connectivity index (χ4v) is 2.09. The third-order valence-corrected chi connectivity index (χ3v) is 3.28. The summed E-state index contributed by atoms with van der Waals surface area (Å²) in [6, 6.07) is 0.409. The molecule has 4 nitrogen and oxygen atoms in total. The van der Waals surface area contributed by atoms with E-state index in [4.69, 9.17) is 4.74 Å². The van der Waals surface area contributed by atoms with E-state index in [-0.39, 0.29) is 0 Å². The number of hydrogen-bond donors (Lipinski definition) is 0. The molecule has 0 fully saturated rings. The van der Waals surface area contributed by atoms with E-state index in [1.807, 2.05) is 13.8 Å². The number of halogens is 1. The summed E-state index contributed by atoms with van der Waals surface area (Å²) in [5, 5.41) is 0.999. The average Bonchev–Trinajstić information content (AvgIpc) is 2.34. The van der Waals surface area contributed by atoms with Crippen molar-refractivity contribution in [3.05, 3.63) is 11.9 Å². The minimum Gasteiger partial charge on any atom is -0.478 e. The zero-order valence-electron chi connectivity index (χ0n) is 11.6. The minimum atomic E-state index is 0.409. The maximum absolute atomic E-state index is 5.52. The Balaban J connectivity index is 3.00. The van der Waals surface area contributed by atoms with Crippen LogP contribution in [0, 0.1) is 6.92 Å². The molecule has 0 amide bonds. The van der Waals surface area contributed by atoms with E-state index < -0.39 is 0 Å². The maximum atomic E-state index is 5.52. The van der Waals surface area contributed by atoms with Gasteiger partial charge in [0.05, 0.1) is 12.2 Å². The zero-order valence-corrected chi connectivity index (χ0v) is 13.2. The van der Waals surface area contributed by atoms with E-state index in [9.17, 15) is 0 Å². The maximum Gasteiger partial charge on any atom is 0.221 e. The van der Waals surface area contributed by atoms with Gasteiger partial charge in [0.2, 0.25) is 5.88 Å². The first kappa shape index (κ1) is 15.2. The molecule has 0 saturated carbocycles. The Kier molecular flexibility index (Phi) is 6.39. The van der Waals surface area contributed by atoms with Gasteiger partial charge in [0.25, 0.3) is 0 Å². The van der Waals surface area contributed by atoms with E-state index >= 15 is 0 Å². The summed E-state index contributed by atoms with van der Waals surface area (Å²) in [5.74, 6) is 1.66. The third kappa shape index (κ3) is 3.83. The molecule has 1 rings (SSSR count). The van der Waals surface area contributed by atoms with Gasteiger partial charge < -0.3 is 9.64 Å². The molecular formula is C13H22BrN3O. The van der Waals surface area contributed by atoms with Crippen LogP contribution in [0.3, 0.4) is 0 Å². The minimum absolute atomic E-state index is 0.409. The highest BCUT2D eigenvalue weighted by Crippen LogP contribution is 2.25. The highest BCUT2D eigenvalue weighted by atomic mass is 79.9. The molecule has 0 N–H and O–H groups in total. The van der Waals surface area contributed by atoms with Gasteiger partial charge in [-0.25, -0.2) is 9.97 Å². The van der Waals surface area contributed by atoms with Crippen LogP contribution in [0.4, 0.5) is 5.82 Å². The number of ether oxygens (including phenoxy) is 1. The largest absolute Gasteiger partial charge is 0.478 e. The summed E-state index contributed by atoms with van der Waals surface area (Å²) >= 11 is 3.47. The van der Waals surface area contributed by atoms with Crippen molar-refractivity contribution in [2.45, 2.75) is 40.2 Å². The van der Waals surface area contributed by atoms with E-state index in [2.05, 4.69) is 44.6 Å². The molecule has 5 heteroatoms. The van der Waals surface area contributed by atoms with Gasteiger partial charge in [-0.05, 0) is 34.1 Å². The molecule has 1 aromatic heterocycles. The van der Waals surface area contributed by atoms with Crippen LogP contribution in [0.25, 0.3) is 0 Å². The topological polar surface area (TPSA) is 38.3 Å². The van der Waals surface area contributed by atoms with Gasteiger partial charge in [0.1, 0.15) is 12.1 Å². The Morgan fingerprint density at radius 2 is 2.11 bits per heavy atom. The Morgan fingerprint density at radius 1 is 1.39 bits per heavy atom. The first-order valence-electron chi connectivity index (χ1n) is 6.38. The van der Waals surface area contributed by atoms with Crippen molar-refractivity contribution in [3.63, 3.8) is 0 Å². The predicted octanol–water partition coefficient (Wildman–Crippen LogP) is 3.18. The molecule has 0 unspecified atom stereocenters. The Morgan fingerprint density at radius 3 is 2.67 bits per heavy atom. The normalized spacial score (nSPS) is 10.8. The summed E-state index contributed by atoms with van der Waals surface area (Å²) in [6.07, 6.45) is 2.67. The smallest absolute Gasteiger partial charge is 0.221 e. The standard InChI is InChI=1S/C13H22BrN3O/c1-5-18-13-11(4)12(15-9-16-13)17(10(2)3)8-6-7-14/h9-10H,5-8H2,1-4H3. The van der Waals surface area contributed by atoms with Crippen LogP contribution in [0.2, 0.25) is 0 Å². The molecule has 0 spiro atoms. The first-order chi connectivity index (χ1) is 8.61. The summed E-state index contributed by atoms with van der Waals surface area (Å²) in [7, 11) is 0. The second-order valence-electron chi connectivity index (χ2n) is 4.39. The lowest BCUT2D eigenvalue weighted by molar-refractivity contribution is 0.323. The van der Waals surface area contributed by atoms with Crippen molar-refractivity contribution in [2.24, 2.45) is 0 Å². The van der Waals surface area contributed by atoms with Gasteiger partial charge in [-0.1, -0.05) is 15.9 Å². The van der Waals surface area contributed by atoms with Crippen LogP contribution < -0.4 is 9.64 Å². The van der Waals surface area contributed by atoms with Crippen LogP contribution >= 0.6 is 15.9 Å². The molecular weight excluding hydrogens is 294 g/mol. The van der Waals surface area contributed by atoms with Gasteiger partial charge in [0.15, 0.2) is 0 Å². The van der Waals surface area contributed by atoms with Crippen molar-refractivity contribution in [1.82, 2.24) is 9.97 Å². The van der Waals surface area contributed by atoms with Gasteiger partial charge in [-0.2, -0.15) is 0 Å². The number of hydrogen-bond acceptors (Lipinski definition) is 4. The molecule has 0 saturated heterocycles. The second kappa shape index (κ2) is 7.56. The molecule has 0 bridgehead atoms. The Bertz CT molecular complexity index is 371. The summed E-state index contributed by atoms with van der Waals surface area (Å²) in [4.78, 5) is 10.9. The molecule has 18 heavy (non-hydrogen) atoms. The zero-order chi connectivity index (χ0) is 13.5. The van der Waals surface area contributed by atoms with E-state index in [0.717, 1.165) is 29.7 Å². The fraction of sp³-hybridized carbons (Fsp3) is 0.692. The van der Waals surface area contributed by atoms with Gasteiger partial charge in [0, 0.05) is 17.9 Å². The quantitative estimate of drug-likeness (QED) is 0.724. The lowest BCUT2D eigenvalue weighted by Crippen LogP contribution is -2.33. The summed E-state index contributed by atoms with van der Waals surface area (Å²) in [6.45, 7) is 9.94. The highest BCUT2D eigenvalue weighted by molar-refractivity contribution is 9.09. The average molecular weight is 316 g/mol. The van der Waals surface area contributed by atoms with E-state index in [1.165, 1.54) is 0 Å². The fourth-order valence-electron chi connectivity index (χ4n) is 1.84. The molecule has 0 aliphatic carbocycles. The van der Waals surface area contributed by atoms with E-state index in [0.29, 0.717) is 18.5 Å². The number of nitrogens with zero attached hydrogens (tertiary/aromatic N) is 3. The molecule has 0 aliphatic heterocycles. The van der Waals surface area contributed by atoms with Crippen molar-refractivity contribution in [3.8, 4) is 5.88 Å². The molecule has 1 heterocycles. The third-order valence-electron chi connectivity index (χ3n) is 2.72. The predicted molar refractivity (Wildman–Crippen MR) is 78.8 cm³/mol. The van der Waals surface area contributed by atoms with Gasteiger partial charge in [-0.3, -0.25) is 0 Å². The van der Waals surface area contributed by atoms with Crippen molar-refractivity contribution >= 4 is 21.7 Å². The van der Waals surface area contributed by atoms with Crippen LogP contribution in [0.1, 0.15) is 32.8 Å². The van der Waals surface area contributed by atoms with Crippen LogP contribution in [-0.4, -0.2) is 34.5 Å². The first-order valence-corrected chi connectivity index (χ1v) is 7.50. The highest BCUT2D eigenvalue weighted by Gasteiger charge is 2.17. The molecule has 0 aromatic carbocycles. The van der Waals surface area contributed by atoms with Crippen LogP contribution in [0.5, 0.6) is 5.88 Å². The number of rotatable bonds is 7. The lowest BCUT2D eigenvalue weighted by atomic mass is 10.2. The SMILES string of the molecule is CCOc1ncnc(N(CCCBr)C(C)C)c1C. The number of alkyl halides is 1. The summed E-state index contributed by atoms with van der Waals surface area (Å²) < 4.78 is 5.52. The van der Waals surface area contributed by atoms with Crippen molar-refractivity contribution in [1.29, 1.82) is 0 Å². The Hall–Kier alpha value is -0.840. The monoisotopic (exact) mass is 315 g/mol. The van der Waals surface area contributed by atoms with Gasteiger partial charge in [-0.15, -0.1) is 0 Å². The summed E-state index contributed by atoms with van der Waals surface area (Å²) in [5.41, 5.74) is 1.02. The van der Waals surface area contributed by atoms with Crippen LogP contribution in [0.15, 0.2) is 6.33 Å². The lowest BCUT2D eigenvalue weighted by Gasteiger charge is -2.29. The van der Waals surface area contributed by atoms with Gasteiger partial charge >= 0.3 is 0 Å². The number of aromatic nitrogens is 2. The van der Waals surface area contributed by atoms with Crippen LogP contribution in [-0.2, 0) is 0 Å². The Labute approximate surface area is 118 Å². The van der Waals surface area contributed by atoms with Crippen molar-refractivity contribution in [2.75, 3.05) is 23.4 Å². The molecule has 0 radical (unpaired) electrons. The second-order valence-corrected chi connectivity index (χ2v) is 5.18. The molecule has 102 valence electrons. The molecule has 0 aliphatic rings. The molecule has 0 atom stereocenters. The number of anilines is 1.